The van der Waals surface area contributed by atoms with Gasteiger partial charge in [-0.2, -0.15) is 0 Å². The Balaban J connectivity index is 1.99. The Kier molecular flexibility index (Phi) is 5.96. The second-order valence-electron chi connectivity index (χ2n) is 6.09. The number of aliphatic hydroxyl groups is 4. The molecule has 4 N–H and O–H groups in total. The summed E-state index contributed by atoms with van der Waals surface area (Å²) in [7, 11) is 0. The Morgan fingerprint density at radius 3 is 2.41 bits per heavy atom. The first kappa shape index (κ1) is 17.4. The van der Waals surface area contributed by atoms with Crippen molar-refractivity contribution in [2.45, 2.75) is 57.1 Å². The fourth-order valence-corrected chi connectivity index (χ4v) is 2.33. The lowest BCUT2D eigenvalue weighted by atomic mass is 9.99. The van der Waals surface area contributed by atoms with Gasteiger partial charge in [0.1, 0.15) is 24.4 Å². The molecule has 22 heavy (non-hydrogen) atoms. The monoisotopic (exact) mass is 315 g/mol. The zero-order valence-corrected chi connectivity index (χ0v) is 12.8. The fraction of sp³-hybridized carbons (Fsp3) is 0.733. The number of hydrogen-bond donors (Lipinski definition) is 4. The van der Waals surface area contributed by atoms with Gasteiger partial charge in [0.2, 0.25) is 0 Å². The zero-order valence-electron chi connectivity index (χ0n) is 12.8. The van der Waals surface area contributed by atoms with Gasteiger partial charge in [-0.15, -0.1) is 0 Å². The van der Waals surface area contributed by atoms with Crippen LogP contribution < -0.4 is 0 Å². The topological polar surface area (TPSA) is 102 Å². The van der Waals surface area contributed by atoms with Crippen LogP contribution in [-0.4, -0.2) is 68.7 Å². The van der Waals surface area contributed by atoms with Gasteiger partial charge in [0.05, 0.1) is 12.7 Å². The lowest BCUT2D eigenvalue weighted by Gasteiger charge is -2.40. The van der Waals surface area contributed by atoms with Crippen molar-refractivity contribution in [2.75, 3.05) is 6.61 Å². The lowest BCUT2D eigenvalue weighted by Crippen LogP contribution is -2.59. The molecule has 0 aromatic rings. The molecule has 7 nitrogen and oxygen atoms in total. The van der Waals surface area contributed by atoms with Crippen molar-refractivity contribution < 1.29 is 29.9 Å². The molecule has 0 bridgehead atoms. The second kappa shape index (κ2) is 7.54. The first-order valence-corrected chi connectivity index (χ1v) is 7.52. The molecular formula is C15H25NO6. The van der Waals surface area contributed by atoms with Crippen molar-refractivity contribution in [3.8, 4) is 0 Å². The Morgan fingerprint density at radius 1 is 1.18 bits per heavy atom. The van der Waals surface area contributed by atoms with Crippen molar-refractivity contribution in [1.29, 1.82) is 0 Å². The average Bonchev–Trinajstić information content (AvgIpc) is 3.29. The summed E-state index contributed by atoms with van der Waals surface area (Å²) in [6.45, 7) is 3.63. The minimum absolute atomic E-state index is 0.316. The normalized spacial score (nSPS) is 36.3. The van der Waals surface area contributed by atoms with Crippen molar-refractivity contribution in [1.82, 2.24) is 4.90 Å². The van der Waals surface area contributed by atoms with Crippen LogP contribution in [0.15, 0.2) is 24.7 Å². The molecule has 0 aliphatic carbocycles. The van der Waals surface area contributed by atoms with E-state index in [1.165, 1.54) is 0 Å². The number of rotatable bonds is 7. The smallest absolute Gasteiger partial charge is 0.187 e. The Hall–Kier alpha value is -0.960. The van der Waals surface area contributed by atoms with Gasteiger partial charge in [-0.1, -0.05) is 13.8 Å². The highest BCUT2D eigenvalue weighted by molar-refractivity contribution is 5.10. The fourth-order valence-electron chi connectivity index (χ4n) is 2.33. The zero-order chi connectivity index (χ0) is 16.3. The van der Waals surface area contributed by atoms with Crippen LogP contribution in [0.5, 0.6) is 0 Å². The van der Waals surface area contributed by atoms with Gasteiger partial charge in [0.25, 0.3) is 0 Å². The molecule has 2 rings (SSSR count). The van der Waals surface area contributed by atoms with E-state index in [1.54, 1.807) is 0 Å². The van der Waals surface area contributed by atoms with E-state index in [2.05, 4.69) is 0 Å². The third kappa shape index (κ3) is 4.52. The molecule has 0 radical (unpaired) electrons. The summed E-state index contributed by atoms with van der Waals surface area (Å²) in [6, 6.07) is 0. The largest absolute Gasteiger partial charge is 0.394 e. The molecule has 0 aromatic carbocycles. The third-order valence-corrected chi connectivity index (χ3v) is 3.66. The molecule has 0 amide bonds. The maximum Gasteiger partial charge on any atom is 0.187 e. The van der Waals surface area contributed by atoms with E-state index in [4.69, 9.17) is 9.47 Å². The standard InChI is InChI=1S/C15H25NO6/c1-9(2)7-10(3-4-16-5-6-16)21-15-14(20)13(19)12(18)11(8-17)22-15/h3-6,9-15,17-20H,7-8H2,1-2H3. The molecule has 6 atom stereocenters. The summed E-state index contributed by atoms with van der Waals surface area (Å²) in [5.41, 5.74) is 0. The summed E-state index contributed by atoms with van der Waals surface area (Å²) in [6.07, 6.45) is 1.62. The predicted molar refractivity (Wildman–Crippen MR) is 78.2 cm³/mol. The molecule has 126 valence electrons. The van der Waals surface area contributed by atoms with Gasteiger partial charge in [-0.25, -0.2) is 0 Å². The van der Waals surface area contributed by atoms with E-state index in [-0.39, 0.29) is 6.10 Å². The molecule has 1 fully saturated rings. The maximum absolute atomic E-state index is 10.0. The van der Waals surface area contributed by atoms with Gasteiger partial charge < -0.3 is 34.8 Å². The number of ether oxygens (including phenoxy) is 2. The van der Waals surface area contributed by atoms with Gasteiger partial charge in [0, 0.05) is 18.6 Å². The summed E-state index contributed by atoms with van der Waals surface area (Å²) in [5.74, 6) is 0.363. The number of nitrogens with zero attached hydrogens (tertiary/aromatic N) is 1. The van der Waals surface area contributed by atoms with Crippen LogP contribution in [0.3, 0.4) is 0 Å². The molecule has 2 heterocycles. The third-order valence-electron chi connectivity index (χ3n) is 3.66. The highest BCUT2D eigenvalue weighted by Gasteiger charge is 2.44. The van der Waals surface area contributed by atoms with Crippen LogP contribution in [0, 0.1) is 5.92 Å². The first-order valence-electron chi connectivity index (χ1n) is 7.52. The Bertz CT molecular complexity index is 405. The Labute approximate surface area is 130 Å². The molecule has 6 unspecified atom stereocenters. The average molecular weight is 315 g/mol. The van der Waals surface area contributed by atoms with Crippen molar-refractivity contribution in [2.24, 2.45) is 5.92 Å². The maximum atomic E-state index is 10.0. The van der Waals surface area contributed by atoms with Gasteiger partial charge >= 0.3 is 0 Å². The van der Waals surface area contributed by atoms with E-state index < -0.39 is 37.3 Å². The Morgan fingerprint density at radius 2 is 1.86 bits per heavy atom. The molecule has 2 aliphatic heterocycles. The summed E-state index contributed by atoms with van der Waals surface area (Å²) < 4.78 is 11.1. The van der Waals surface area contributed by atoms with E-state index in [0.29, 0.717) is 12.3 Å². The van der Waals surface area contributed by atoms with Crippen LogP contribution in [0.4, 0.5) is 0 Å². The van der Waals surface area contributed by atoms with Crippen LogP contribution in [0.1, 0.15) is 20.3 Å². The number of hydrogen-bond acceptors (Lipinski definition) is 7. The predicted octanol–water partition coefficient (Wildman–Crippen LogP) is -0.482. The highest BCUT2D eigenvalue weighted by Crippen LogP contribution is 2.25. The van der Waals surface area contributed by atoms with Crippen LogP contribution >= 0.6 is 0 Å². The van der Waals surface area contributed by atoms with Gasteiger partial charge in [0.15, 0.2) is 6.29 Å². The summed E-state index contributed by atoms with van der Waals surface area (Å²) in [5, 5.41) is 38.7. The van der Waals surface area contributed by atoms with E-state index >= 15 is 0 Å². The minimum atomic E-state index is -1.42. The van der Waals surface area contributed by atoms with Gasteiger partial charge in [-0.3, -0.25) is 0 Å². The van der Waals surface area contributed by atoms with Crippen LogP contribution in [0.2, 0.25) is 0 Å². The van der Waals surface area contributed by atoms with Crippen LogP contribution in [0.25, 0.3) is 0 Å². The quantitative estimate of drug-likeness (QED) is 0.503. The van der Waals surface area contributed by atoms with Gasteiger partial charge in [-0.05, 0) is 18.4 Å². The molecular weight excluding hydrogens is 290 g/mol. The van der Waals surface area contributed by atoms with Crippen molar-refractivity contribution in [3.63, 3.8) is 0 Å². The van der Waals surface area contributed by atoms with Crippen molar-refractivity contribution >= 4 is 0 Å². The molecule has 2 aliphatic rings. The van der Waals surface area contributed by atoms with E-state index in [9.17, 15) is 20.4 Å². The lowest BCUT2D eigenvalue weighted by molar-refractivity contribution is -0.308. The minimum Gasteiger partial charge on any atom is -0.394 e. The van der Waals surface area contributed by atoms with E-state index in [1.807, 2.05) is 43.4 Å². The molecule has 0 spiro atoms. The second-order valence-corrected chi connectivity index (χ2v) is 6.09. The molecule has 0 saturated carbocycles. The first-order chi connectivity index (χ1) is 10.4. The SMILES string of the molecule is CC(C)CC(C=CN1C=C1)OC1OC(CO)C(O)C(O)C1O. The van der Waals surface area contributed by atoms with Crippen LogP contribution in [-0.2, 0) is 9.47 Å². The molecule has 0 aromatic heterocycles. The summed E-state index contributed by atoms with van der Waals surface area (Å²) in [4.78, 5) is 1.87. The van der Waals surface area contributed by atoms with E-state index in [0.717, 1.165) is 0 Å². The van der Waals surface area contributed by atoms with Crippen molar-refractivity contribution in [3.05, 3.63) is 24.7 Å². The highest BCUT2D eigenvalue weighted by atomic mass is 16.7. The number of aliphatic hydroxyl groups excluding tert-OH is 4. The molecule has 7 heteroatoms. The molecule has 1 saturated heterocycles. The summed E-state index contributed by atoms with van der Waals surface area (Å²) >= 11 is 0.